The number of nitrogens with zero attached hydrogens (tertiary/aromatic N) is 2. The van der Waals surface area contributed by atoms with Crippen LogP contribution in [0.2, 0.25) is 0 Å². The second-order valence-electron chi connectivity index (χ2n) is 3.80. The summed E-state index contributed by atoms with van der Waals surface area (Å²) in [6, 6.07) is 0.405. The molecule has 0 amide bonds. The molecule has 3 N–H and O–H groups in total. The van der Waals surface area contributed by atoms with E-state index in [2.05, 4.69) is 31.2 Å². The van der Waals surface area contributed by atoms with Crippen molar-refractivity contribution in [1.82, 2.24) is 9.78 Å². The highest BCUT2D eigenvalue weighted by molar-refractivity contribution is 5.52. The van der Waals surface area contributed by atoms with E-state index >= 15 is 0 Å². The number of nitrogens with one attached hydrogen (secondary N) is 1. The van der Waals surface area contributed by atoms with E-state index in [0.717, 1.165) is 17.9 Å². The van der Waals surface area contributed by atoms with Crippen LogP contribution in [-0.2, 0) is 0 Å². The first-order chi connectivity index (χ1) is 6.57. The van der Waals surface area contributed by atoms with E-state index in [1.807, 2.05) is 11.6 Å². The lowest BCUT2D eigenvalue weighted by atomic mass is 10.3. The molecule has 80 valence electrons. The summed E-state index contributed by atoms with van der Waals surface area (Å²) >= 11 is 0. The first-order valence-electron chi connectivity index (χ1n) is 5.07. The van der Waals surface area contributed by atoms with E-state index in [1.54, 1.807) is 0 Å². The molecular formula is C10H20N4. The predicted octanol–water partition coefficient (Wildman–Crippen LogP) is 1.45. The molecule has 0 aliphatic rings. The van der Waals surface area contributed by atoms with Crippen LogP contribution in [0.3, 0.4) is 0 Å². The zero-order valence-electron chi connectivity index (χ0n) is 9.46. The summed E-state index contributed by atoms with van der Waals surface area (Å²) in [6.07, 6.45) is 0. The summed E-state index contributed by atoms with van der Waals surface area (Å²) < 4.78 is 2.04. The molecule has 1 aromatic rings. The number of hydrogen-bond donors (Lipinski definition) is 2. The largest absolute Gasteiger partial charge is 0.381 e. The molecule has 0 aromatic carbocycles. The molecule has 0 aliphatic carbocycles. The van der Waals surface area contributed by atoms with Crippen molar-refractivity contribution in [1.29, 1.82) is 0 Å². The highest BCUT2D eigenvalue weighted by Crippen LogP contribution is 2.21. The van der Waals surface area contributed by atoms with Crippen molar-refractivity contribution in [3.05, 3.63) is 11.4 Å². The van der Waals surface area contributed by atoms with Gasteiger partial charge in [-0.25, -0.2) is 0 Å². The molecule has 1 rings (SSSR count). The molecule has 4 heteroatoms. The fourth-order valence-electron chi connectivity index (χ4n) is 1.62. The molecule has 1 heterocycles. The van der Waals surface area contributed by atoms with Gasteiger partial charge in [-0.05, 0) is 27.7 Å². The van der Waals surface area contributed by atoms with Crippen LogP contribution < -0.4 is 11.1 Å². The van der Waals surface area contributed by atoms with E-state index in [9.17, 15) is 0 Å². The number of aromatic nitrogens is 2. The Balaban J connectivity index is 2.93. The summed E-state index contributed by atoms with van der Waals surface area (Å²) in [5.74, 6) is 0. The highest BCUT2D eigenvalue weighted by atomic mass is 15.3. The van der Waals surface area contributed by atoms with Gasteiger partial charge in [0.2, 0.25) is 0 Å². The smallest absolute Gasteiger partial charge is 0.0828 e. The zero-order valence-corrected chi connectivity index (χ0v) is 9.46. The molecule has 0 aliphatic heterocycles. The van der Waals surface area contributed by atoms with Crippen molar-refractivity contribution >= 4 is 5.69 Å². The molecule has 0 unspecified atom stereocenters. The fourth-order valence-corrected chi connectivity index (χ4v) is 1.62. The Labute approximate surface area is 85.5 Å². The lowest BCUT2D eigenvalue weighted by molar-refractivity contribution is 0.516. The van der Waals surface area contributed by atoms with Crippen LogP contribution in [0.25, 0.3) is 0 Å². The third kappa shape index (κ3) is 2.07. The zero-order chi connectivity index (χ0) is 10.7. The lowest BCUT2D eigenvalue weighted by Crippen LogP contribution is -2.14. The monoisotopic (exact) mass is 196 g/mol. The van der Waals surface area contributed by atoms with Gasteiger partial charge in [0.1, 0.15) is 0 Å². The van der Waals surface area contributed by atoms with Crippen LogP contribution in [-0.4, -0.2) is 22.9 Å². The summed E-state index contributed by atoms with van der Waals surface area (Å²) in [6.45, 7) is 9.80. The van der Waals surface area contributed by atoms with Crippen LogP contribution in [0.15, 0.2) is 0 Å². The van der Waals surface area contributed by atoms with Gasteiger partial charge in [-0.2, -0.15) is 5.10 Å². The summed E-state index contributed by atoms with van der Waals surface area (Å²) in [5.41, 5.74) is 8.81. The molecular weight excluding hydrogens is 176 g/mol. The molecule has 1 aromatic heterocycles. The van der Waals surface area contributed by atoms with E-state index in [-0.39, 0.29) is 0 Å². The number of nitrogens with two attached hydrogens (primary N) is 1. The van der Waals surface area contributed by atoms with Gasteiger partial charge in [-0.15, -0.1) is 0 Å². The number of anilines is 1. The summed E-state index contributed by atoms with van der Waals surface area (Å²) in [5, 5.41) is 7.77. The first kappa shape index (κ1) is 11.0. The molecule has 0 saturated carbocycles. The van der Waals surface area contributed by atoms with Crippen LogP contribution in [0.5, 0.6) is 0 Å². The van der Waals surface area contributed by atoms with Crippen LogP contribution in [0.4, 0.5) is 5.69 Å². The second kappa shape index (κ2) is 4.46. The Morgan fingerprint density at radius 2 is 2.07 bits per heavy atom. The molecule has 0 fully saturated rings. The molecule has 0 bridgehead atoms. The third-order valence-electron chi connectivity index (χ3n) is 2.26. The average molecular weight is 196 g/mol. The molecule has 0 spiro atoms. The Morgan fingerprint density at radius 1 is 1.43 bits per heavy atom. The van der Waals surface area contributed by atoms with Gasteiger partial charge in [0.15, 0.2) is 0 Å². The van der Waals surface area contributed by atoms with Gasteiger partial charge in [0, 0.05) is 19.1 Å². The SMILES string of the molecule is Cc1nn(C(C)C)c(C)c1NCCN. The van der Waals surface area contributed by atoms with Crippen molar-refractivity contribution in [2.24, 2.45) is 5.73 Å². The maximum Gasteiger partial charge on any atom is 0.0828 e. The standard InChI is InChI=1S/C10H20N4/c1-7(2)14-9(4)10(8(3)13-14)12-6-5-11/h7,12H,5-6,11H2,1-4H3. The van der Waals surface area contributed by atoms with Gasteiger partial charge >= 0.3 is 0 Å². The Kier molecular flexibility index (Phi) is 3.52. The van der Waals surface area contributed by atoms with Crippen LogP contribution in [0.1, 0.15) is 31.3 Å². The maximum absolute atomic E-state index is 5.45. The Hall–Kier alpha value is -1.03. The normalized spacial score (nSPS) is 11.0. The Bertz CT molecular complexity index is 301. The van der Waals surface area contributed by atoms with Gasteiger partial charge < -0.3 is 11.1 Å². The van der Waals surface area contributed by atoms with Gasteiger partial charge in [-0.1, -0.05) is 0 Å². The van der Waals surface area contributed by atoms with Crippen molar-refractivity contribution in [3.63, 3.8) is 0 Å². The highest BCUT2D eigenvalue weighted by Gasteiger charge is 2.12. The topological polar surface area (TPSA) is 55.9 Å². The minimum atomic E-state index is 0.405. The van der Waals surface area contributed by atoms with E-state index in [4.69, 9.17) is 5.73 Å². The maximum atomic E-state index is 5.45. The Morgan fingerprint density at radius 3 is 2.50 bits per heavy atom. The van der Waals surface area contributed by atoms with Crippen molar-refractivity contribution < 1.29 is 0 Å². The van der Waals surface area contributed by atoms with E-state index in [0.29, 0.717) is 12.6 Å². The molecule has 0 atom stereocenters. The van der Waals surface area contributed by atoms with Crippen molar-refractivity contribution in [3.8, 4) is 0 Å². The molecule has 0 radical (unpaired) electrons. The average Bonchev–Trinajstić information content (AvgIpc) is 2.40. The quantitative estimate of drug-likeness (QED) is 0.766. The molecule has 0 saturated heterocycles. The second-order valence-corrected chi connectivity index (χ2v) is 3.80. The van der Waals surface area contributed by atoms with Gasteiger partial charge in [0.05, 0.1) is 17.1 Å². The van der Waals surface area contributed by atoms with E-state index in [1.165, 1.54) is 5.69 Å². The molecule has 14 heavy (non-hydrogen) atoms. The number of aryl methyl sites for hydroxylation is 1. The first-order valence-corrected chi connectivity index (χ1v) is 5.07. The van der Waals surface area contributed by atoms with E-state index < -0.39 is 0 Å². The summed E-state index contributed by atoms with van der Waals surface area (Å²) in [4.78, 5) is 0. The molecule has 4 nitrogen and oxygen atoms in total. The fraction of sp³-hybridized carbons (Fsp3) is 0.700. The van der Waals surface area contributed by atoms with Crippen molar-refractivity contribution in [2.45, 2.75) is 33.7 Å². The predicted molar refractivity (Wildman–Crippen MR) is 59.6 cm³/mol. The minimum absolute atomic E-state index is 0.405. The summed E-state index contributed by atoms with van der Waals surface area (Å²) in [7, 11) is 0. The number of rotatable bonds is 4. The van der Waals surface area contributed by atoms with Gasteiger partial charge in [0.25, 0.3) is 0 Å². The van der Waals surface area contributed by atoms with Crippen LogP contribution in [0, 0.1) is 13.8 Å². The lowest BCUT2D eigenvalue weighted by Gasteiger charge is -2.09. The number of hydrogen-bond acceptors (Lipinski definition) is 3. The third-order valence-corrected chi connectivity index (χ3v) is 2.26. The van der Waals surface area contributed by atoms with Gasteiger partial charge in [-0.3, -0.25) is 4.68 Å². The minimum Gasteiger partial charge on any atom is -0.381 e. The van der Waals surface area contributed by atoms with Crippen LogP contribution >= 0.6 is 0 Å². The van der Waals surface area contributed by atoms with Crippen molar-refractivity contribution in [2.75, 3.05) is 18.4 Å².